The lowest BCUT2D eigenvalue weighted by Crippen LogP contribution is -2.31. The molecular weight excluding hydrogens is 254 g/mol. The molecule has 0 bridgehead atoms. The van der Waals surface area contributed by atoms with Crippen molar-refractivity contribution in [3.05, 3.63) is 35.9 Å². The molecule has 108 valence electrons. The molecule has 0 spiro atoms. The van der Waals surface area contributed by atoms with Gasteiger partial charge in [0, 0.05) is 18.5 Å². The highest BCUT2D eigenvalue weighted by Gasteiger charge is 2.24. The minimum absolute atomic E-state index is 0.132. The van der Waals surface area contributed by atoms with Crippen molar-refractivity contribution in [2.45, 2.75) is 25.4 Å². The maximum Gasteiger partial charge on any atom is 0.244 e. The van der Waals surface area contributed by atoms with Crippen LogP contribution in [0.5, 0.6) is 5.75 Å². The highest BCUT2D eigenvalue weighted by atomic mass is 16.5. The van der Waals surface area contributed by atoms with Crippen LogP contribution in [0.2, 0.25) is 0 Å². The summed E-state index contributed by atoms with van der Waals surface area (Å²) in [6.07, 6.45) is 5.87. The molecule has 0 aromatic heterocycles. The molecule has 4 nitrogen and oxygen atoms in total. The van der Waals surface area contributed by atoms with E-state index in [9.17, 15) is 9.90 Å². The number of hydrogen-bond acceptors (Lipinski definition) is 3. The number of methoxy groups -OCH3 is 1. The molecule has 1 saturated carbocycles. The van der Waals surface area contributed by atoms with Crippen molar-refractivity contribution in [1.82, 2.24) is 5.32 Å². The van der Waals surface area contributed by atoms with E-state index in [0.29, 0.717) is 6.54 Å². The molecule has 1 aliphatic carbocycles. The molecular formula is C16H21NO3. The average Bonchev–Trinajstić information content (AvgIpc) is 2.88. The fraction of sp³-hybridized carbons (Fsp3) is 0.438. The standard InChI is InChI=1S/C16H21NO3/c1-20-14-6-2-4-12(10-14)8-9-16(19)17-11-13-5-3-7-15(13)18/h2,4,6,8-10,13,15,18H,3,5,7,11H2,1H3,(H,17,19). The van der Waals surface area contributed by atoms with Crippen LogP contribution in [0.3, 0.4) is 0 Å². The summed E-state index contributed by atoms with van der Waals surface area (Å²) in [5, 5.41) is 12.5. The average molecular weight is 275 g/mol. The van der Waals surface area contributed by atoms with Crippen LogP contribution in [-0.4, -0.2) is 30.8 Å². The summed E-state index contributed by atoms with van der Waals surface area (Å²) in [6, 6.07) is 7.52. The second kappa shape index (κ2) is 7.10. The summed E-state index contributed by atoms with van der Waals surface area (Å²) < 4.78 is 5.13. The van der Waals surface area contributed by atoms with Gasteiger partial charge in [0.25, 0.3) is 0 Å². The Balaban J connectivity index is 1.82. The molecule has 1 aromatic rings. The van der Waals surface area contributed by atoms with Crippen LogP contribution >= 0.6 is 0 Å². The number of carbonyl (C=O) groups excluding carboxylic acids is 1. The van der Waals surface area contributed by atoms with E-state index >= 15 is 0 Å². The van der Waals surface area contributed by atoms with Gasteiger partial charge in [0.05, 0.1) is 13.2 Å². The van der Waals surface area contributed by atoms with Crippen molar-refractivity contribution in [2.24, 2.45) is 5.92 Å². The number of hydrogen-bond donors (Lipinski definition) is 2. The molecule has 20 heavy (non-hydrogen) atoms. The van der Waals surface area contributed by atoms with Gasteiger partial charge in [-0.25, -0.2) is 0 Å². The third kappa shape index (κ3) is 4.10. The molecule has 2 unspecified atom stereocenters. The second-order valence-corrected chi connectivity index (χ2v) is 5.11. The summed E-state index contributed by atoms with van der Waals surface area (Å²) in [7, 11) is 1.61. The van der Waals surface area contributed by atoms with Gasteiger partial charge < -0.3 is 15.2 Å². The van der Waals surface area contributed by atoms with Crippen molar-refractivity contribution < 1.29 is 14.6 Å². The van der Waals surface area contributed by atoms with Crippen molar-refractivity contribution in [1.29, 1.82) is 0 Å². The number of aliphatic hydroxyl groups excluding tert-OH is 1. The molecule has 0 radical (unpaired) electrons. The Labute approximate surface area is 119 Å². The van der Waals surface area contributed by atoms with E-state index in [2.05, 4.69) is 5.32 Å². The van der Waals surface area contributed by atoms with Crippen LogP contribution in [-0.2, 0) is 4.79 Å². The maximum atomic E-state index is 11.7. The lowest BCUT2D eigenvalue weighted by atomic mass is 10.1. The first-order valence-electron chi connectivity index (χ1n) is 6.97. The van der Waals surface area contributed by atoms with Gasteiger partial charge in [0.15, 0.2) is 0 Å². The Morgan fingerprint density at radius 3 is 3.05 bits per heavy atom. The normalized spacial score (nSPS) is 22.1. The summed E-state index contributed by atoms with van der Waals surface area (Å²) in [4.78, 5) is 11.7. The third-order valence-electron chi connectivity index (χ3n) is 3.68. The van der Waals surface area contributed by atoms with Crippen LogP contribution in [0, 0.1) is 5.92 Å². The van der Waals surface area contributed by atoms with Gasteiger partial charge in [-0.2, -0.15) is 0 Å². The Morgan fingerprint density at radius 1 is 1.50 bits per heavy atom. The van der Waals surface area contributed by atoms with Gasteiger partial charge in [-0.3, -0.25) is 4.79 Å². The summed E-state index contributed by atoms with van der Waals surface area (Å²) in [5.74, 6) is 0.831. The largest absolute Gasteiger partial charge is 0.497 e. The van der Waals surface area contributed by atoms with E-state index < -0.39 is 0 Å². The Bertz CT molecular complexity index is 484. The van der Waals surface area contributed by atoms with E-state index in [4.69, 9.17) is 4.74 Å². The first-order valence-corrected chi connectivity index (χ1v) is 6.97. The number of ether oxygens (including phenoxy) is 1. The zero-order valence-corrected chi connectivity index (χ0v) is 11.7. The van der Waals surface area contributed by atoms with Crippen LogP contribution in [0.15, 0.2) is 30.3 Å². The minimum Gasteiger partial charge on any atom is -0.497 e. The highest BCUT2D eigenvalue weighted by Crippen LogP contribution is 2.24. The molecule has 2 rings (SSSR count). The van der Waals surface area contributed by atoms with Crippen molar-refractivity contribution in [3.8, 4) is 5.75 Å². The topological polar surface area (TPSA) is 58.6 Å². The molecule has 1 aliphatic rings. The number of nitrogens with one attached hydrogen (secondary N) is 1. The molecule has 2 N–H and O–H groups in total. The second-order valence-electron chi connectivity index (χ2n) is 5.11. The van der Waals surface area contributed by atoms with Crippen LogP contribution in [0.25, 0.3) is 6.08 Å². The number of aliphatic hydroxyl groups is 1. The van der Waals surface area contributed by atoms with E-state index in [1.54, 1.807) is 13.2 Å². The summed E-state index contributed by atoms with van der Waals surface area (Å²) in [5.41, 5.74) is 0.917. The number of benzene rings is 1. The lowest BCUT2D eigenvalue weighted by molar-refractivity contribution is -0.116. The van der Waals surface area contributed by atoms with Crippen LogP contribution < -0.4 is 10.1 Å². The van der Waals surface area contributed by atoms with Gasteiger partial charge >= 0.3 is 0 Å². The molecule has 0 aliphatic heterocycles. The van der Waals surface area contributed by atoms with Gasteiger partial charge in [-0.15, -0.1) is 0 Å². The SMILES string of the molecule is COc1cccc(C=CC(=O)NCC2CCCC2O)c1. The van der Waals surface area contributed by atoms with Gasteiger partial charge in [-0.1, -0.05) is 18.6 Å². The van der Waals surface area contributed by atoms with Crippen molar-refractivity contribution in [2.75, 3.05) is 13.7 Å². The fourth-order valence-electron chi connectivity index (χ4n) is 2.46. The zero-order valence-electron chi connectivity index (χ0n) is 11.7. The number of amides is 1. The van der Waals surface area contributed by atoms with E-state index in [0.717, 1.165) is 30.6 Å². The minimum atomic E-state index is -0.266. The molecule has 2 atom stereocenters. The molecule has 0 saturated heterocycles. The first kappa shape index (κ1) is 14.6. The lowest BCUT2D eigenvalue weighted by Gasteiger charge is -2.13. The molecule has 0 heterocycles. The molecule has 4 heteroatoms. The van der Waals surface area contributed by atoms with Crippen LogP contribution in [0.4, 0.5) is 0 Å². The molecule has 1 fully saturated rings. The monoisotopic (exact) mass is 275 g/mol. The molecule has 1 amide bonds. The zero-order chi connectivity index (χ0) is 14.4. The Kier molecular flexibility index (Phi) is 5.18. The predicted octanol–water partition coefficient (Wildman–Crippen LogP) is 1.99. The van der Waals surface area contributed by atoms with Gasteiger partial charge in [-0.05, 0) is 36.6 Å². The highest BCUT2D eigenvalue weighted by molar-refractivity contribution is 5.91. The first-order chi connectivity index (χ1) is 9.69. The van der Waals surface area contributed by atoms with Crippen molar-refractivity contribution in [3.63, 3.8) is 0 Å². The fourth-order valence-corrected chi connectivity index (χ4v) is 2.46. The van der Waals surface area contributed by atoms with Crippen LogP contribution in [0.1, 0.15) is 24.8 Å². The molecule has 1 aromatic carbocycles. The summed E-state index contributed by atoms with van der Waals surface area (Å²) in [6.45, 7) is 0.544. The quantitative estimate of drug-likeness (QED) is 0.808. The summed E-state index contributed by atoms with van der Waals surface area (Å²) >= 11 is 0. The number of carbonyl (C=O) groups is 1. The van der Waals surface area contributed by atoms with Crippen molar-refractivity contribution >= 4 is 12.0 Å². The van der Waals surface area contributed by atoms with E-state index in [1.165, 1.54) is 6.08 Å². The predicted molar refractivity (Wildman–Crippen MR) is 78.4 cm³/mol. The third-order valence-corrected chi connectivity index (χ3v) is 3.68. The van der Waals surface area contributed by atoms with Gasteiger partial charge in [0.2, 0.25) is 5.91 Å². The van der Waals surface area contributed by atoms with Gasteiger partial charge in [0.1, 0.15) is 5.75 Å². The Hall–Kier alpha value is -1.81. The smallest absolute Gasteiger partial charge is 0.244 e. The maximum absolute atomic E-state index is 11.7. The number of rotatable bonds is 5. The van der Waals surface area contributed by atoms with E-state index in [1.807, 2.05) is 24.3 Å². The Morgan fingerprint density at radius 2 is 2.35 bits per heavy atom. The van der Waals surface area contributed by atoms with E-state index in [-0.39, 0.29) is 17.9 Å².